The van der Waals surface area contributed by atoms with Crippen LogP contribution < -0.4 is 20.1 Å². The number of methoxy groups -OCH3 is 1. The lowest BCUT2D eigenvalue weighted by Crippen LogP contribution is -2.20. The highest BCUT2D eigenvalue weighted by atomic mass is 16.5. The van der Waals surface area contributed by atoms with Gasteiger partial charge in [-0.1, -0.05) is 18.2 Å². The molecule has 172 valence electrons. The highest BCUT2D eigenvalue weighted by Crippen LogP contribution is 2.29. The molecule has 8 heteroatoms. The third-order valence-corrected chi connectivity index (χ3v) is 4.65. The number of hydrogen-bond donors (Lipinski definition) is 3. The van der Waals surface area contributed by atoms with E-state index in [-0.39, 0.29) is 23.8 Å². The van der Waals surface area contributed by atoms with Crippen LogP contribution in [0.3, 0.4) is 0 Å². The SMILES string of the molecule is COc1cc(/C=C(/C#N)C(=O)Nc2ccc(O)cc2)ccc1OCC(=O)Nc1cccc(C)c1. The number of amides is 2. The largest absolute Gasteiger partial charge is 0.508 e. The Hall–Kier alpha value is -4.77. The number of nitriles is 1. The molecule has 0 spiro atoms. The van der Waals surface area contributed by atoms with Gasteiger partial charge >= 0.3 is 0 Å². The molecule has 0 aliphatic carbocycles. The van der Waals surface area contributed by atoms with Crippen molar-refractivity contribution in [2.45, 2.75) is 6.92 Å². The summed E-state index contributed by atoms with van der Waals surface area (Å²) in [7, 11) is 1.45. The van der Waals surface area contributed by atoms with Crippen molar-refractivity contribution in [3.63, 3.8) is 0 Å². The van der Waals surface area contributed by atoms with Gasteiger partial charge in [0.25, 0.3) is 11.8 Å². The predicted octanol–water partition coefficient (Wildman–Crippen LogP) is 4.27. The van der Waals surface area contributed by atoms with Crippen LogP contribution in [-0.4, -0.2) is 30.6 Å². The van der Waals surface area contributed by atoms with E-state index in [9.17, 15) is 20.0 Å². The van der Waals surface area contributed by atoms with E-state index in [0.717, 1.165) is 5.56 Å². The summed E-state index contributed by atoms with van der Waals surface area (Å²) in [5, 5.41) is 24.1. The lowest BCUT2D eigenvalue weighted by molar-refractivity contribution is -0.118. The first kappa shape index (κ1) is 23.9. The number of carbonyl (C=O) groups is 2. The lowest BCUT2D eigenvalue weighted by atomic mass is 10.1. The first-order chi connectivity index (χ1) is 16.4. The molecule has 0 aliphatic heterocycles. The van der Waals surface area contributed by atoms with E-state index in [1.807, 2.05) is 31.2 Å². The van der Waals surface area contributed by atoms with Crippen molar-refractivity contribution in [2.24, 2.45) is 0 Å². The topological polar surface area (TPSA) is 121 Å². The smallest absolute Gasteiger partial charge is 0.266 e. The summed E-state index contributed by atoms with van der Waals surface area (Å²) in [4.78, 5) is 24.6. The van der Waals surface area contributed by atoms with Gasteiger partial charge in [0.1, 0.15) is 17.4 Å². The Kier molecular flexibility index (Phi) is 7.87. The van der Waals surface area contributed by atoms with Crippen molar-refractivity contribution < 1.29 is 24.2 Å². The predicted molar refractivity (Wildman–Crippen MR) is 129 cm³/mol. The zero-order chi connectivity index (χ0) is 24.5. The Morgan fingerprint density at radius 3 is 2.44 bits per heavy atom. The number of phenols is 1. The number of anilines is 2. The van der Waals surface area contributed by atoms with E-state index in [1.165, 1.54) is 37.5 Å². The summed E-state index contributed by atoms with van der Waals surface area (Å²) in [6.07, 6.45) is 1.41. The molecule has 3 N–H and O–H groups in total. The lowest BCUT2D eigenvalue weighted by Gasteiger charge is -2.12. The number of carbonyl (C=O) groups excluding carboxylic acids is 2. The summed E-state index contributed by atoms with van der Waals surface area (Å²) < 4.78 is 10.9. The minimum Gasteiger partial charge on any atom is -0.508 e. The van der Waals surface area contributed by atoms with Crippen molar-refractivity contribution in [3.8, 4) is 23.3 Å². The molecule has 0 heterocycles. The van der Waals surface area contributed by atoms with Crippen LogP contribution in [0, 0.1) is 18.3 Å². The molecular formula is C26H23N3O5. The summed E-state index contributed by atoms with van der Waals surface area (Å²) >= 11 is 0. The molecule has 0 bridgehead atoms. The van der Waals surface area contributed by atoms with Crippen LogP contribution in [0.15, 0.2) is 72.3 Å². The van der Waals surface area contributed by atoms with Crippen LogP contribution in [0.4, 0.5) is 11.4 Å². The monoisotopic (exact) mass is 457 g/mol. The second-order valence-electron chi connectivity index (χ2n) is 7.29. The maximum atomic E-state index is 12.4. The van der Waals surface area contributed by atoms with E-state index in [4.69, 9.17) is 9.47 Å². The quantitative estimate of drug-likeness (QED) is 0.264. The van der Waals surface area contributed by atoms with Gasteiger partial charge in [-0.25, -0.2) is 0 Å². The number of ether oxygens (including phenoxy) is 2. The second kappa shape index (κ2) is 11.2. The van der Waals surface area contributed by atoms with E-state index in [1.54, 1.807) is 24.3 Å². The summed E-state index contributed by atoms with van der Waals surface area (Å²) in [5.41, 5.74) is 2.55. The Balaban J connectivity index is 1.67. The summed E-state index contributed by atoms with van der Waals surface area (Å²) in [6, 6.07) is 20.0. The Labute approximate surface area is 197 Å². The molecule has 0 radical (unpaired) electrons. The standard InChI is InChI=1S/C26H23N3O5/c1-17-4-3-5-21(12-17)28-25(31)16-34-23-11-6-18(14-24(23)33-2)13-19(15-27)26(32)29-20-7-9-22(30)10-8-20/h3-14,30H,16H2,1-2H3,(H,28,31)(H,29,32)/b19-13-. The Bertz CT molecular complexity index is 1260. The molecule has 0 aliphatic rings. The van der Waals surface area contributed by atoms with Gasteiger partial charge in [0, 0.05) is 11.4 Å². The number of benzene rings is 3. The molecule has 3 aromatic carbocycles. The molecule has 0 fully saturated rings. The first-order valence-electron chi connectivity index (χ1n) is 10.3. The zero-order valence-electron chi connectivity index (χ0n) is 18.7. The average molecular weight is 457 g/mol. The van der Waals surface area contributed by atoms with Crippen LogP contribution in [-0.2, 0) is 9.59 Å². The second-order valence-corrected chi connectivity index (χ2v) is 7.29. The fourth-order valence-electron chi connectivity index (χ4n) is 3.01. The van der Waals surface area contributed by atoms with Crippen LogP contribution >= 0.6 is 0 Å². The van der Waals surface area contributed by atoms with E-state index >= 15 is 0 Å². The number of phenolic OH excluding ortho intramolecular Hbond substituents is 1. The number of hydrogen-bond acceptors (Lipinski definition) is 6. The molecule has 0 atom stereocenters. The zero-order valence-corrected chi connectivity index (χ0v) is 18.7. The maximum Gasteiger partial charge on any atom is 0.266 e. The van der Waals surface area contributed by atoms with Crippen LogP contribution in [0.25, 0.3) is 6.08 Å². The molecule has 3 aromatic rings. The fraction of sp³-hybridized carbons (Fsp3) is 0.115. The van der Waals surface area contributed by atoms with Gasteiger partial charge in [-0.15, -0.1) is 0 Å². The number of rotatable bonds is 8. The van der Waals surface area contributed by atoms with Gasteiger partial charge in [0.2, 0.25) is 0 Å². The van der Waals surface area contributed by atoms with Gasteiger partial charge in [-0.3, -0.25) is 9.59 Å². The number of nitrogens with one attached hydrogen (secondary N) is 2. The molecule has 0 unspecified atom stereocenters. The fourth-order valence-corrected chi connectivity index (χ4v) is 3.01. The normalized spacial score (nSPS) is 10.7. The van der Waals surface area contributed by atoms with Crippen molar-refractivity contribution in [1.82, 2.24) is 0 Å². The Morgan fingerprint density at radius 1 is 1.00 bits per heavy atom. The summed E-state index contributed by atoms with van der Waals surface area (Å²) in [6.45, 7) is 1.71. The highest BCUT2D eigenvalue weighted by Gasteiger charge is 2.12. The van der Waals surface area contributed by atoms with Gasteiger partial charge in [-0.05, 0) is 72.7 Å². The molecule has 0 aromatic heterocycles. The van der Waals surface area contributed by atoms with Gasteiger partial charge in [0.05, 0.1) is 7.11 Å². The number of nitrogens with zero attached hydrogens (tertiary/aromatic N) is 1. The molecule has 3 rings (SSSR count). The maximum absolute atomic E-state index is 12.4. The molecule has 0 saturated carbocycles. The van der Waals surface area contributed by atoms with Gasteiger partial charge in [0.15, 0.2) is 18.1 Å². The molecular weight excluding hydrogens is 434 g/mol. The molecule has 8 nitrogen and oxygen atoms in total. The van der Waals surface area contributed by atoms with Crippen molar-refractivity contribution in [3.05, 3.63) is 83.4 Å². The minimum absolute atomic E-state index is 0.0658. The van der Waals surface area contributed by atoms with Crippen molar-refractivity contribution in [1.29, 1.82) is 5.26 Å². The summed E-state index contributed by atoms with van der Waals surface area (Å²) in [5.74, 6) is -0.176. The first-order valence-corrected chi connectivity index (χ1v) is 10.3. The van der Waals surface area contributed by atoms with E-state index in [2.05, 4.69) is 10.6 Å². The van der Waals surface area contributed by atoms with Crippen LogP contribution in [0.1, 0.15) is 11.1 Å². The Morgan fingerprint density at radius 2 is 1.76 bits per heavy atom. The molecule has 0 saturated heterocycles. The van der Waals surface area contributed by atoms with Crippen LogP contribution in [0.5, 0.6) is 17.2 Å². The third kappa shape index (κ3) is 6.61. The van der Waals surface area contributed by atoms with Crippen molar-refractivity contribution >= 4 is 29.3 Å². The highest BCUT2D eigenvalue weighted by molar-refractivity contribution is 6.09. The van der Waals surface area contributed by atoms with Gasteiger partial charge in [-0.2, -0.15) is 5.26 Å². The van der Waals surface area contributed by atoms with Crippen LogP contribution in [0.2, 0.25) is 0 Å². The third-order valence-electron chi connectivity index (χ3n) is 4.65. The van der Waals surface area contributed by atoms with E-state index < -0.39 is 5.91 Å². The molecule has 34 heavy (non-hydrogen) atoms. The minimum atomic E-state index is -0.597. The molecule has 2 amide bonds. The number of aryl methyl sites for hydroxylation is 1. The average Bonchev–Trinajstić information content (AvgIpc) is 2.82. The van der Waals surface area contributed by atoms with Crippen molar-refractivity contribution in [2.75, 3.05) is 24.4 Å². The number of aromatic hydroxyl groups is 1. The van der Waals surface area contributed by atoms with E-state index in [0.29, 0.717) is 28.4 Å². The van der Waals surface area contributed by atoms with Gasteiger partial charge < -0.3 is 25.2 Å².